The quantitative estimate of drug-likeness (QED) is 0.527. The number of nitrogens with two attached hydrogens (primary N) is 1. The van der Waals surface area contributed by atoms with E-state index in [0.717, 1.165) is 16.9 Å². The van der Waals surface area contributed by atoms with Crippen LogP contribution in [0.4, 0.5) is 13.2 Å². The number of nitrogens with one attached hydrogen (secondary N) is 1. The van der Waals surface area contributed by atoms with E-state index >= 15 is 0 Å². The molecule has 0 saturated heterocycles. The molecule has 1 aromatic carbocycles. The molecule has 1 amide bonds. The van der Waals surface area contributed by atoms with Crippen LogP contribution in [0.5, 0.6) is 0 Å². The first kappa shape index (κ1) is 22.3. The molecule has 0 aliphatic rings. The first-order valence-electron chi connectivity index (χ1n) is 7.41. The highest BCUT2D eigenvalue weighted by Crippen LogP contribution is 2.23. The van der Waals surface area contributed by atoms with Gasteiger partial charge in [-0.05, 0) is 0 Å². The second kappa shape index (κ2) is 8.54. The highest BCUT2D eigenvalue weighted by atomic mass is 32.2. The zero-order valence-electron chi connectivity index (χ0n) is 14.1. The summed E-state index contributed by atoms with van der Waals surface area (Å²) in [6.45, 7) is -0.417. The first-order valence-corrected chi connectivity index (χ1v) is 9.71. The molecule has 0 radical (unpaired) electrons. The van der Waals surface area contributed by atoms with Gasteiger partial charge in [0, 0.05) is 5.56 Å². The summed E-state index contributed by atoms with van der Waals surface area (Å²) >= 11 is 0.869. The monoisotopic (exact) mass is 451 g/mol. The van der Waals surface area contributed by atoms with Crippen molar-refractivity contribution in [2.45, 2.75) is 10.5 Å². The minimum Gasteiger partial charge on any atom is -0.475 e. The van der Waals surface area contributed by atoms with Crippen LogP contribution in [0.2, 0.25) is 0 Å². The third kappa shape index (κ3) is 5.72. The minimum absolute atomic E-state index is 0.239. The van der Waals surface area contributed by atoms with Crippen molar-refractivity contribution < 1.29 is 36.3 Å². The lowest BCUT2D eigenvalue weighted by atomic mass is 10.2. The summed E-state index contributed by atoms with van der Waals surface area (Å²) in [6, 6.07) is 9.45. The van der Waals surface area contributed by atoms with Crippen LogP contribution in [0.1, 0.15) is 0 Å². The summed E-state index contributed by atoms with van der Waals surface area (Å²) in [6.07, 6.45) is -3.45. The fourth-order valence-electron chi connectivity index (χ4n) is 1.77. The van der Waals surface area contributed by atoms with E-state index in [4.69, 9.17) is 15.6 Å². The van der Waals surface area contributed by atoms with Gasteiger partial charge in [0.15, 0.2) is 0 Å². The smallest absolute Gasteiger partial charge is 0.475 e. The topological polar surface area (TPSA) is 157 Å². The highest BCUT2D eigenvalue weighted by molar-refractivity contribution is 7.92. The molecule has 2 aromatic heterocycles. The van der Waals surface area contributed by atoms with Crippen LogP contribution in [0.3, 0.4) is 0 Å². The Morgan fingerprint density at radius 1 is 1.24 bits per heavy atom. The van der Waals surface area contributed by atoms with Crippen molar-refractivity contribution >= 4 is 38.2 Å². The predicted molar refractivity (Wildman–Crippen MR) is 94.4 cm³/mol. The average molecular weight is 451 g/mol. The molecule has 0 aliphatic heterocycles. The number of carbonyl (C=O) groups excluding carboxylic acids is 1. The van der Waals surface area contributed by atoms with Gasteiger partial charge in [0.05, 0.1) is 18.4 Å². The number of carboxylic acid groups (broad SMARTS) is 1. The normalized spacial score (nSPS) is 11.6. The van der Waals surface area contributed by atoms with Crippen molar-refractivity contribution in [1.82, 2.24) is 19.3 Å². The Bertz CT molecular complexity index is 1090. The molecule has 0 unspecified atom stereocenters. The van der Waals surface area contributed by atoms with E-state index in [1.54, 1.807) is 6.20 Å². The maximum Gasteiger partial charge on any atom is 0.490 e. The fourth-order valence-corrected chi connectivity index (χ4v) is 3.84. The van der Waals surface area contributed by atoms with Gasteiger partial charge in [0.1, 0.15) is 0 Å². The third-order valence-corrected chi connectivity index (χ3v) is 5.66. The molecule has 3 aromatic rings. The van der Waals surface area contributed by atoms with E-state index in [9.17, 15) is 26.4 Å². The van der Waals surface area contributed by atoms with Crippen molar-refractivity contribution in [2.24, 2.45) is 5.73 Å². The average Bonchev–Trinajstić information content (AvgIpc) is 3.21. The molecular formula is C14H12F3N5O5S2. The van der Waals surface area contributed by atoms with Crippen molar-refractivity contribution in [3.8, 4) is 11.3 Å². The number of rotatable bonds is 4. The molecule has 29 heavy (non-hydrogen) atoms. The Kier molecular flexibility index (Phi) is 6.55. The van der Waals surface area contributed by atoms with Gasteiger partial charge in [-0.25, -0.2) is 19.0 Å². The maximum absolute atomic E-state index is 11.9. The molecule has 0 atom stereocenters. The number of amides is 1. The first-order chi connectivity index (χ1) is 13.4. The van der Waals surface area contributed by atoms with E-state index < -0.39 is 34.6 Å². The van der Waals surface area contributed by atoms with E-state index in [2.05, 4.69) is 10.1 Å². The molecule has 0 aliphatic carbocycles. The van der Waals surface area contributed by atoms with Crippen molar-refractivity contribution in [1.29, 1.82) is 0 Å². The summed E-state index contributed by atoms with van der Waals surface area (Å²) in [5, 5.41) is 11.1. The maximum atomic E-state index is 11.9. The van der Waals surface area contributed by atoms with Crippen molar-refractivity contribution in [3.05, 3.63) is 36.5 Å². The largest absolute Gasteiger partial charge is 0.490 e. The standard InChI is InChI=1S/C12H11N5O3S2.C2HF3O2/c13-6-10(18)16-22(19,20)12-15-17-7-9(14-11(17)21-12)8-4-2-1-3-5-8;3-2(4,5)1(6)7/h1-5,7H,6,13H2,(H,16,18);(H,6,7). The molecule has 0 bridgehead atoms. The second-order valence-corrected chi connectivity index (χ2v) is 7.94. The lowest BCUT2D eigenvalue weighted by Crippen LogP contribution is -2.35. The number of carboxylic acids is 1. The van der Waals surface area contributed by atoms with Crippen LogP contribution in [0.25, 0.3) is 16.2 Å². The number of aliphatic carboxylic acids is 1. The molecule has 0 fully saturated rings. The van der Waals surface area contributed by atoms with Gasteiger partial charge in [-0.2, -0.15) is 21.6 Å². The molecule has 10 nitrogen and oxygen atoms in total. The lowest BCUT2D eigenvalue weighted by molar-refractivity contribution is -0.192. The van der Waals surface area contributed by atoms with Crippen LogP contribution < -0.4 is 10.5 Å². The number of fused-ring (bicyclic) bond motifs is 1. The number of benzene rings is 1. The van der Waals surface area contributed by atoms with Crippen LogP contribution in [0, 0.1) is 0 Å². The SMILES string of the molecule is NCC(=O)NS(=O)(=O)c1nn2cc(-c3ccccc3)nc2s1.O=C(O)C(F)(F)F. The van der Waals surface area contributed by atoms with E-state index in [-0.39, 0.29) is 4.34 Å². The Morgan fingerprint density at radius 2 is 1.83 bits per heavy atom. The highest BCUT2D eigenvalue weighted by Gasteiger charge is 2.38. The van der Waals surface area contributed by atoms with Crippen LogP contribution in [-0.4, -0.2) is 52.7 Å². The van der Waals surface area contributed by atoms with Gasteiger partial charge < -0.3 is 10.8 Å². The summed E-state index contributed by atoms with van der Waals surface area (Å²) in [5.41, 5.74) is 6.68. The molecule has 0 saturated carbocycles. The van der Waals surface area contributed by atoms with Crippen LogP contribution in [0.15, 0.2) is 40.9 Å². The Labute approximate surface area is 164 Å². The summed E-state index contributed by atoms with van der Waals surface area (Å²) in [5.74, 6) is -3.55. The molecular weight excluding hydrogens is 439 g/mol. The van der Waals surface area contributed by atoms with E-state index in [0.29, 0.717) is 10.7 Å². The van der Waals surface area contributed by atoms with E-state index in [1.807, 2.05) is 35.1 Å². The fraction of sp³-hybridized carbons (Fsp3) is 0.143. The van der Waals surface area contributed by atoms with Gasteiger partial charge in [-0.3, -0.25) is 4.79 Å². The van der Waals surface area contributed by atoms with Gasteiger partial charge in [0.25, 0.3) is 14.4 Å². The van der Waals surface area contributed by atoms with Gasteiger partial charge in [0.2, 0.25) is 10.9 Å². The van der Waals surface area contributed by atoms with Crippen LogP contribution in [-0.2, 0) is 19.6 Å². The number of hydrogen-bond acceptors (Lipinski definition) is 8. The Morgan fingerprint density at radius 3 is 2.31 bits per heavy atom. The molecule has 2 heterocycles. The predicted octanol–water partition coefficient (Wildman–Crippen LogP) is 0.855. The lowest BCUT2D eigenvalue weighted by Gasteiger charge is -2.00. The molecule has 3 rings (SSSR count). The molecule has 0 spiro atoms. The molecule has 4 N–H and O–H groups in total. The number of nitrogens with zero attached hydrogens (tertiary/aromatic N) is 3. The summed E-state index contributed by atoms with van der Waals surface area (Å²) in [4.78, 5) is 24.8. The number of imidazole rings is 1. The number of hydrogen-bond donors (Lipinski definition) is 3. The van der Waals surface area contributed by atoms with Crippen LogP contribution >= 0.6 is 11.3 Å². The Balaban J connectivity index is 0.000000370. The zero-order chi connectivity index (χ0) is 21.8. The second-order valence-electron chi connectivity index (χ2n) is 5.12. The minimum atomic E-state index is -5.08. The van der Waals surface area contributed by atoms with Gasteiger partial charge in [-0.1, -0.05) is 41.7 Å². The summed E-state index contributed by atoms with van der Waals surface area (Å²) < 4.78 is 58.6. The van der Waals surface area contributed by atoms with Crippen molar-refractivity contribution in [3.63, 3.8) is 0 Å². The zero-order valence-corrected chi connectivity index (χ0v) is 15.8. The molecule has 15 heteroatoms. The summed E-state index contributed by atoms with van der Waals surface area (Å²) in [7, 11) is -4.01. The number of alkyl halides is 3. The van der Waals surface area contributed by atoms with Crippen molar-refractivity contribution in [2.75, 3.05) is 6.54 Å². The number of aromatic nitrogens is 3. The van der Waals surface area contributed by atoms with E-state index in [1.165, 1.54) is 4.52 Å². The third-order valence-electron chi connectivity index (χ3n) is 3.00. The van der Waals surface area contributed by atoms with Gasteiger partial charge in [-0.15, -0.1) is 5.10 Å². The van der Waals surface area contributed by atoms with Gasteiger partial charge >= 0.3 is 12.1 Å². The Hall–Kier alpha value is -3.04. The molecule has 156 valence electrons. The number of halogens is 3. The number of carbonyl (C=O) groups is 2. The number of sulfonamides is 1.